The zero-order valence-electron chi connectivity index (χ0n) is 17.1. The fourth-order valence-electron chi connectivity index (χ4n) is 3.57. The molecule has 8 heteroatoms. The molecule has 0 aromatic heterocycles. The first kappa shape index (κ1) is 21.3. The minimum Gasteiger partial charge on any atom is -0.378 e. The maximum Gasteiger partial charge on any atom is 0.254 e. The summed E-state index contributed by atoms with van der Waals surface area (Å²) in [6.07, 6.45) is 0.825. The molecule has 2 aliphatic rings. The van der Waals surface area contributed by atoms with Crippen molar-refractivity contribution in [2.24, 2.45) is 0 Å². The molecule has 1 unspecified atom stereocenters. The van der Waals surface area contributed by atoms with Crippen LogP contribution in [0.5, 0.6) is 0 Å². The highest BCUT2D eigenvalue weighted by Crippen LogP contribution is 2.45. The fraction of sp³-hybridized carbons (Fsp3) is 0.409. The van der Waals surface area contributed by atoms with Crippen molar-refractivity contribution in [3.05, 3.63) is 53.8 Å². The number of benzene rings is 2. The Kier molecular flexibility index (Phi) is 6.18. The molecule has 0 radical (unpaired) electrons. The number of amides is 1. The van der Waals surface area contributed by atoms with E-state index in [1.165, 1.54) is 12.1 Å². The summed E-state index contributed by atoms with van der Waals surface area (Å²) >= 11 is 1.73. The summed E-state index contributed by atoms with van der Waals surface area (Å²) < 4.78 is 33.9. The molecule has 0 spiro atoms. The first-order valence-electron chi connectivity index (χ1n) is 9.99. The van der Waals surface area contributed by atoms with Crippen molar-refractivity contribution in [2.45, 2.75) is 34.8 Å². The Morgan fingerprint density at radius 3 is 2.50 bits per heavy atom. The molecule has 160 valence electrons. The number of halogens is 1. The lowest BCUT2D eigenvalue weighted by atomic mass is 10.1. The van der Waals surface area contributed by atoms with E-state index in [9.17, 15) is 13.4 Å². The van der Waals surface area contributed by atoms with E-state index < -0.39 is 11.0 Å². The number of ether oxygens (including phenoxy) is 1. The first-order valence-corrected chi connectivity index (χ1v) is 11.9. The quantitative estimate of drug-likeness (QED) is 0.709. The zero-order valence-corrected chi connectivity index (χ0v) is 18.7. The maximum atomic E-state index is 13.4. The van der Waals surface area contributed by atoms with Crippen molar-refractivity contribution >= 4 is 34.3 Å². The second-order valence-electron chi connectivity index (χ2n) is 8.00. The Balaban J connectivity index is 1.71. The molecule has 30 heavy (non-hydrogen) atoms. The lowest BCUT2D eigenvalue weighted by Crippen LogP contribution is -2.40. The molecule has 5 nitrogen and oxygen atoms in total. The van der Waals surface area contributed by atoms with Crippen LogP contribution in [0.1, 0.15) is 30.6 Å². The third-order valence-corrected chi connectivity index (χ3v) is 8.07. The lowest BCUT2D eigenvalue weighted by molar-refractivity contribution is 0.0303. The van der Waals surface area contributed by atoms with Crippen molar-refractivity contribution < 1.29 is 18.1 Å². The molecule has 2 aliphatic heterocycles. The van der Waals surface area contributed by atoms with Crippen LogP contribution in [0.4, 0.5) is 10.1 Å². The largest absolute Gasteiger partial charge is 0.378 e. The number of hydrogen-bond donors (Lipinski definition) is 0. The van der Waals surface area contributed by atoms with Gasteiger partial charge < -0.3 is 9.64 Å². The number of nitrogens with zero attached hydrogens (tertiary/aromatic N) is 2. The van der Waals surface area contributed by atoms with Gasteiger partial charge in [-0.3, -0.25) is 9.10 Å². The number of anilines is 1. The van der Waals surface area contributed by atoms with Crippen LogP contribution < -0.4 is 4.31 Å². The predicted molar refractivity (Wildman–Crippen MR) is 118 cm³/mol. The summed E-state index contributed by atoms with van der Waals surface area (Å²) in [5, 5.41) is 0. The second kappa shape index (κ2) is 8.69. The third-order valence-electron chi connectivity index (χ3n) is 5.29. The van der Waals surface area contributed by atoms with Crippen LogP contribution in [0.15, 0.2) is 52.3 Å². The van der Waals surface area contributed by atoms with Crippen molar-refractivity contribution in [3.63, 3.8) is 0 Å². The van der Waals surface area contributed by atoms with E-state index in [1.54, 1.807) is 28.8 Å². The van der Waals surface area contributed by atoms with Gasteiger partial charge in [0.25, 0.3) is 5.91 Å². The van der Waals surface area contributed by atoms with Crippen LogP contribution in [-0.4, -0.2) is 52.6 Å². The minimum atomic E-state index is -1.50. The Morgan fingerprint density at radius 2 is 1.80 bits per heavy atom. The monoisotopic (exact) mass is 448 g/mol. The normalized spacial score (nSPS) is 19.7. The van der Waals surface area contributed by atoms with E-state index in [0.717, 1.165) is 17.0 Å². The Labute approximate surface area is 183 Å². The number of carbonyl (C=O) groups is 1. The van der Waals surface area contributed by atoms with Gasteiger partial charge in [0.2, 0.25) is 0 Å². The fourth-order valence-corrected chi connectivity index (χ4v) is 6.04. The highest BCUT2D eigenvalue weighted by Gasteiger charge is 2.31. The summed E-state index contributed by atoms with van der Waals surface area (Å²) in [7, 11) is -1.50. The van der Waals surface area contributed by atoms with E-state index >= 15 is 0 Å². The average Bonchev–Trinajstić information content (AvgIpc) is 2.88. The van der Waals surface area contributed by atoms with E-state index in [0.29, 0.717) is 43.3 Å². The summed E-state index contributed by atoms with van der Waals surface area (Å²) in [4.78, 5) is 16.3. The van der Waals surface area contributed by atoms with Crippen LogP contribution >= 0.6 is 11.8 Å². The molecule has 1 saturated heterocycles. The third kappa shape index (κ3) is 4.55. The number of fused-ring (bicyclic) bond motifs is 1. The van der Waals surface area contributed by atoms with E-state index in [-0.39, 0.29) is 16.5 Å². The average molecular weight is 449 g/mol. The topological polar surface area (TPSA) is 49.9 Å². The summed E-state index contributed by atoms with van der Waals surface area (Å²) in [5.74, 6) is -0.399. The van der Waals surface area contributed by atoms with Crippen molar-refractivity contribution in [3.8, 4) is 0 Å². The van der Waals surface area contributed by atoms with Gasteiger partial charge in [-0.15, -0.1) is 11.8 Å². The highest BCUT2D eigenvalue weighted by atomic mass is 32.2. The van der Waals surface area contributed by atoms with Crippen molar-refractivity contribution in [2.75, 3.05) is 37.2 Å². The SMILES string of the molecule is CC1(C)CCN(S(=O)c2ccc(F)cc2)c2cc(C(=O)N3CCOCC3)ccc2S1. The van der Waals surface area contributed by atoms with Crippen LogP contribution in [0.2, 0.25) is 0 Å². The van der Waals surface area contributed by atoms with Crippen LogP contribution in [0, 0.1) is 5.82 Å². The molecule has 1 fully saturated rings. The molecule has 2 heterocycles. The molecular weight excluding hydrogens is 423 g/mol. The standard InChI is InChI=1S/C22H25FN2O3S2/c1-22(2)9-10-25(30(27)18-6-4-17(23)5-7-18)19-15-16(3-8-20(19)29-22)21(26)24-11-13-28-14-12-24/h3-8,15H,9-14H2,1-2H3. The Morgan fingerprint density at radius 1 is 1.10 bits per heavy atom. The minimum absolute atomic E-state index is 0.0355. The number of rotatable bonds is 3. The molecule has 0 bridgehead atoms. The number of thioether (sulfide) groups is 1. The molecular formula is C22H25FN2O3S2. The molecule has 2 aromatic rings. The maximum absolute atomic E-state index is 13.4. The van der Waals surface area contributed by atoms with Gasteiger partial charge in [0, 0.05) is 34.8 Å². The van der Waals surface area contributed by atoms with Gasteiger partial charge >= 0.3 is 0 Å². The molecule has 1 amide bonds. The summed E-state index contributed by atoms with van der Waals surface area (Å²) in [6, 6.07) is 11.4. The number of morpholine rings is 1. The first-order chi connectivity index (χ1) is 14.3. The molecule has 0 aliphatic carbocycles. The van der Waals surface area contributed by atoms with Gasteiger partial charge in [0.1, 0.15) is 5.82 Å². The van der Waals surface area contributed by atoms with Gasteiger partial charge in [0.15, 0.2) is 11.0 Å². The lowest BCUT2D eigenvalue weighted by Gasteiger charge is -2.28. The van der Waals surface area contributed by atoms with Crippen molar-refractivity contribution in [1.29, 1.82) is 0 Å². The molecule has 0 N–H and O–H groups in total. The van der Waals surface area contributed by atoms with Crippen LogP contribution in [0.25, 0.3) is 0 Å². The molecule has 2 aromatic carbocycles. The summed E-state index contributed by atoms with van der Waals surface area (Å²) in [5.41, 5.74) is 1.37. The van der Waals surface area contributed by atoms with Gasteiger partial charge in [-0.25, -0.2) is 8.60 Å². The van der Waals surface area contributed by atoms with Crippen LogP contribution in [0.3, 0.4) is 0 Å². The van der Waals surface area contributed by atoms with E-state index in [4.69, 9.17) is 4.74 Å². The second-order valence-corrected chi connectivity index (χ2v) is 11.2. The van der Waals surface area contributed by atoms with E-state index in [2.05, 4.69) is 13.8 Å². The van der Waals surface area contributed by atoms with Crippen molar-refractivity contribution in [1.82, 2.24) is 4.90 Å². The molecule has 4 rings (SSSR count). The smallest absolute Gasteiger partial charge is 0.254 e. The predicted octanol–water partition coefficient (Wildman–Crippen LogP) is 4.10. The van der Waals surface area contributed by atoms with Gasteiger partial charge in [0.05, 0.1) is 23.8 Å². The Bertz CT molecular complexity index is 959. The summed E-state index contributed by atoms with van der Waals surface area (Å²) in [6.45, 7) is 7.14. The van der Waals surface area contributed by atoms with E-state index in [1.807, 2.05) is 22.5 Å². The molecule has 0 saturated carbocycles. The highest BCUT2D eigenvalue weighted by molar-refractivity contribution is 8.00. The van der Waals surface area contributed by atoms with Gasteiger partial charge in [-0.05, 0) is 48.9 Å². The zero-order chi connectivity index (χ0) is 21.3. The number of hydrogen-bond acceptors (Lipinski definition) is 4. The number of carbonyl (C=O) groups excluding carboxylic acids is 1. The van der Waals surface area contributed by atoms with Gasteiger partial charge in [-0.2, -0.15) is 0 Å². The molecule has 1 atom stereocenters. The Hall–Kier alpha value is -1.90. The van der Waals surface area contributed by atoms with Crippen LogP contribution in [-0.2, 0) is 15.7 Å². The van der Waals surface area contributed by atoms with Gasteiger partial charge in [-0.1, -0.05) is 13.8 Å².